The third kappa shape index (κ3) is 3.75. The van der Waals surface area contributed by atoms with Crippen molar-refractivity contribution in [1.82, 2.24) is 4.90 Å². The molecule has 0 bridgehead atoms. The van der Waals surface area contributed by atoms with Gasteiger partial charge < -0.3 is 15.6 Å². The Hall–Kier alpha value is -1.78. The first kappa shape index (κ1) is 18.0. The highest BCUT2D eigenvalue weighted by molar-refractivity contribution is 5.51. The number of benzene rings is 1. The first-order chi connectivity index (χ1) is 12.1. The van der Waals surface area contributed by atoms with Gasteiger partial charge in [-0.3, -0.25) is 4.90 Å². The van der Waals surface area contributed by atoms with Gasteiger partial charge in [-0.15, -0.1) is 0 Å². The van der Waals surface area contributed by atoms with Gasteiger partial charge in [0.1, 0.15) is 11.5 Å². The number of anilines is 1. The van der Waals surface area contributed by atoms with E-state index in [0.29, 0.717) is 5.92 Å². The fourth-order valence-electron chi connectivity index (χ4n) is 4.13. The normalized spacial score (nSPS) is 27.6. The predicted molar refractivity (Wildman–Crippen MR) is 102 cm³/mol. The smallest absolute Gasteiger partial charge is 0.144 e. The number of piperidine rings is 1. The maximum Gasteiger partial charge on any atom is 0.144 e. The molecule has 2 atom stereocenters. The van der Waals surface area contributed by atoms with E-state index in [1.54, 1.807) is 7.11 Å². The number of nitrogen functional groups attached to an aromatic ring is 1. The summed E-state index contributed by atoms with van der Waals surface area (Å²) in [6.07, 6.45) is 12.2. The lowest BCUT2D eigenvalue weighted by molar-refractivity contribution is -0.112. The van der Waals surface area contributed by atoms with E-state index in [2.05, 4.69) is 24.0 Å². The number of likely N-dealkylation sites (tertiary alicyclic amines) is 1. The van der Waals surface area contributed by atoms with Crippen molar-refractivity contribution in [2.24, 2.45) is 11.8 Å². The van der Waals surface area contributed by atoms with Crippen molar-refractivity contribution >= 4 is 5.69 Å². The van der Waals surface area contributed by atoms with Gasteiger partial charge in [-0.1, -0.05) is 31.2 Å². The van der Waals surface area contributed by atoms with Crippen molar-refractivity contribution in [3.8, 4) is 5.75 Å². The minimum absolute atomic E-state index is 0.172. The maximum atomic E-state index is 11.2. The van der Waals surface area contributed by atoms with Crippen LogP contribution in [0.15, 0.2) is 42.5 Å². The van der Waals surface area contributed by atoms with E-state index in [1.165, 1.54) is 5.56 Å². The Bertz CT molecular complexity index is 647. The molecule has 0 amide bonds. The summed E-state index contributed by atoms with van der Waals surface area (Å²) in [5.74, 6) is 1.59. The maximum absolute atomic E-state index is 11.2. The average Bonchev–Trinajstić information content (AvgIpc) is 2.64. The van der Waals surface area contributed by atoms with Gasteiger partial charge in [0.05, 0.1) is 7.11 Å². The monoisotopic (exact) mass is 342 g/mol. The minimum Gasteiger partial charge on any atom is -0.497 e. The van der Waals surface area contributed by atoms with E-state index in [0.717, 1.165) is 50.2 Å². The number of nitrogens with two attached hydrogens (primary N) is 1. The van der Waals surface area contributed by atoms with Crippen LogP contribution in [0.5, 0.6) is 5.75 Å². The Morgan fingerprint density at radius 3 is 2.68 bits per heavy atom. The lowest BCUT2D eigenvalue weighted by atomic mass is 9.83. The van der Waals surface area contributed by atoms with Crippen LogP contribution in [0.2, 0.25) is 0 Å². The molecule has 1 aliphatic carbocycles. The van der Waals surface area contributed by atoms with E-state index < -0.39 is 5.72 Å². The predicted octanol–water partition coefficient (Wildman–Crippen LogP) is 3.37. The zero-order valence-electron chi connectivity index (χ0n) is 15.3. The third-order valence-electron chi connectivity index (χ3n) is 5.76. The zero-order valence-corrected chi connectivity index (χ0v) is 15.3. The number of hydrogen-bond acceptors (Lipinski definition) is 4. The summed E-state index contributed by atoms with van der Waals surface area (Å²) >= 11 is 0. The lowest BCUT2D eigenvalue weighted by Crippen LogP contribution is -2.55. The molecule has 0 radical (unpaired) electrons. The Kier molecular flexibility index (Phi) is 5.50. The molecule has 1 heterocycles. The highest BCUT2D eigenvalue weighted by Crippen LogP contribution is 2.35. The van der Waals surface area contributed by atoms with Crippen molar-refractivity contribution in [2.45, 2.75) is 38.3 Å². The molecule has 1 aromatic rings. The van der Waals surface area contributed by atoms with Gasteiger partial charge in [-0.05, 0) is 49.3 Å². The minimum atomic E-state index is -0.826. The largest absolute Gasteiger partial charge is 0.497 e. The van der Waals surface area contributed by atoms with Gasteiger partial charge in [0.2, 0.25) is 0 Å². The van der Waals surface area contributed by atoms with Crippen LogP contribution in [-0.2, 0) is 6.42 Å². The molecule has 0 spiro atoms. The van der Waals surface area contributed by atoms with Crippen LogP contribution in [0.1, 0.15) is 31.7 Å². The van der Waals surface area contributed by atoms with Crippen molar-refractivity contribution in [1.29, 1.82) is 0 Å². The van der Waals surface area contributed by atoms with Crippen LogP contribution in [0.3, 0.4) is 0 Å². The molecule has 3 rings (SSSR count). The first-order valence-corrected chi connectivity index (χ1v) is 9.32. The average molecular weight is 342 g/mol. The number of rotatable bonds is 5. The van der Waals surface area contributed by atoms with Crippen LogP contribution in [0, 0.1) is 11.8 Å². The molecule has 4 nitrogen and oxygen atoms in total. The summed E-state index contributed by atoms with van der Waals surface area (Å²) in [6, 6.07) is 5.96. The SMILES string of the molecule is CCC1C=CC=C[C@]1(O)N1CCC(Cc2ccc(OC)cc2N)CC1. The number of nitrogens with zero attached hydrogens (tertiary/aromatic N) is 1. The molecule has 25 heavy (non-hydrogen) atoms. The molecule has 0 aromatic heterocycles. The number of ether oxygens (including phenoxy) is 1. The van der Waals surface area contributed by atoms with E-state index >= 15 is 0 Å². The number of hydrogen-bond donors (Lipinski definition) is 2. The summed E-state index contributed by atoms with van der Waals surface area (Å²) in [5.41, 5.74) is 7.35. The standard InChI is InChI=1S/C21H30N2O2/c1-3-18-6-4-5-11-21(18,24)23-12-9-16(10-13-23)14-17-7-8-19(25-2)15-20(17)22/h4-8,11,15-16,18,24H,3,9-10,12-14,22H2,1-2H3/t18?,21-/m1/s1. The summed E-state index contributed by atoms with van der Waals surface area (Å²) in [4.78, 5) is 2.25. The van der Waals surface area contributed by atoms with Gasteiger partial charge in [0, 0.05) is 30.8 Å². The Morgan fingerprint density at radius 1 is 1.28 bits per heavy atom. The molecule has 0 saturated carbocycles. The molecule has 4 heteroatoms. The van der Waals surface area contributed by atoms with E-state index in [-0.39, 0.29) is 5.92 Å². The van der Waals surface area contributed by atoms with Crippen molar-refractivity contribution in [3.05, 3.63) is 48.1 Å². The molecule has 1 aliphatic heterocycles. The van der Waals surface area contributed by atoms with Crippen molar-refractivity contribution in [2.75, 3.05) is 25.9 Å². The summed E-state index contributed by atoms with van der Waals surface area (Å²) in [7, 11) is 1.66. The molecule has 1 aromatic carbocycles. The van der Waals surface area contributed by atoms with Crippen molar-refractivity contribution in [3.63, 3.8) is 0 Å². The molecular weight excluding hydrogens is 312 g/mol. The third-order valence-corrected chi connectivity index (χ3v) is 5.76. The van der Waals surface area contributed by atoms with Crippen LogP contribution >= 0.6 is 0 Å². The van der Waals surface area contributed by atoms with Crippen LogP contribution in [-0.4, -0.2) is 35.9 Å². The molecule has 2 aliphatic rings. The van der Waals surface area contributed by atoms with Crippen LogP contribution in [0.25, 0.3) is 0 Å². The van der Waals surface area contributed by atoms with Gasteiger partial charge in [0.25, 0.3) is 0 Å². The van der Waals surface area contributed by atoms with Gasteiger partial charge in [0.15, 0.2) is 0 Å². The van der Waals surface area contributed by atoms with Crippen LogP contribution in [0.4, 0.5) is 5.69 Å². The van der Waals surface area contributed by atoms with Gasteiger partial charge in [-0.25, -0.2) is 0 Å². The summed E-state index contributed by atoms with van der Waals surface area (Å²) in [6.45, 7) is 3.98. The molecule has 3 N–H and O–H groups in total. The second kappa shape index (κ2) is 7.63. The second-order valence-electron chi connectivity index (χ2n) is 7.24. The van der Waals surface area contributed by atoms with Crippen molar-refractivity contribution < 1.29 is 9.84 Å². The fraction of sp³-hybridized carbons (Fsp3) is 0.524. The Morgan fingerprint density at radius 2 is 2.04 bits per heavy atom. The quantitative estimate of drug-likeness (QED) is 0.806. The van der Waals surface area contributed by atoms with E-state index in [1.807, 2.05) is 30.4 Å². The number of allylic oxidation sites excluding steroid dienone is 2. The van der Waals surface area contributed by atoms with Gasteiger partial charge >= 0.3 is 0 Å². The Labute approximate surface area is 151 Å². The van der Waals surface area contributed by atoms with Gasteiger partial charge in [-0.2, -0.15) is 0 Å². The zero-order chi connectivity index (χ0) is 17.9. The Balaban J connectivity index is 1.60. The molecule has 1 saturated heterocycles. The highest BCUT2D eigenvalue weighted by atomic mass is 16.5. The second-order valence-corrected chi connectivity index (χ2v) is 7.24. The summed E-state index contributed by atoms with van der Waals surface area (Å²) in [5, 5.41) is 11.2. The molecular formula is C21H30N2O2. The molecule has 1 fully saturated rings. The molecule has 136 valence electrons. The topological polar surface area (TPSA) is 58.7 Å². The first-order valence-electron chi connectivity index (χ1n) is 9.32. The van der Waals surface area contributed by atoms with E-state index in [4.69, 9.17) is 10.5 Å². The van der Waals surface area contributed by atoms with Crippen LogP contribution < -0.4 is 10.5 Å². The fourth-order valence-corrected chi connectivity index (χ4v) is 4.13. The number of aliphatic hydroxyl groups is 1. The molecule has 1 unspecified atom stereocenters. The highest BCUT2D eigenvalue weighted by Gasteiger charge is 2.40. The van der Waals surface area contributed by atoms with E-state index in [9.17, 15) is 5.11 Å². The number of methoxy groups -OCH3 is 1. The lowest BCUT2D eigenvalue weighted by Gasteiger charge is -2.46. The summed E-state index contributed by atoms with van der Waals surface area (Å²) < 4.78 is 5.23.